The van der Waals surface area contributed by atoms with Gasteiger partial charge in [0.05, 0.1) is 24.8 Å². The van der Waals surface area contributed by atoms with Gasteiger partial charge in [0.1, 0.15) is 54.9 Å². The van der Waals surface area contributed by atoms with Crippen LogP contribution in [0, 0.1) is 5.41 Å². The molecule has 3 aliphatic rings. The first kappa shape index (κ1) is 32.2. The van der Waals surface area contributed by atoms with Crippen LogP contribution in [0.2, 0.25) is 0 Å². The van der Waals surface area contributed by atoms with Crippen LogP contribution in [0.3, 0.4) is 0 Å². The second-order valence-corrected chi connectivity index (χ2v) is 9.93. The molecule has 1 aliphatic carbocycles. The predicted octanol–water partition coefficient (Wildman–Crippen LogP) is -7.95. The van der Waals surface area contributed by atoms with Crippen molar-refractivity contribution in [3.05, 3.63) is 0 Å². The molecule has 0 aromatic rings. The number of ether oxygens (including phenoxy) is 4. The van der Waals surface area contributed by atoms with E-state index in [1.54, 1.807) is 0 Å². The Kier molecular flexibility index (Phi) is 10.2. The van der Waals surface area contributed by atoms with E-state index in [0.29, 0.717) is 0 Å². The molecule has 1 saturated carbocycles. The van der Waals surface area contributed by atoms with Crippen molar-refractivity contribution in [1.82, 2.24) is 10.6 Å². The van der Waals surface area contributed by atoms with Crippen molar-refractivity contribution < 1.29 is 59.5 Å². The Balaban J connectivity index is 1.95. The van der Waals surface area contributed by atoms with Gasteiger partial charge in [0.2, 0.25) is 0 Å². The van der Waals surface area contributed by atoms with Gasteiger partial charge >= 0.3 is 0 Å². The Hall–Kier alpha value is -2.27. The molecule has 2 aliphatic heterocycles. The first-order valence-electron chi connectivity index (χ1n) is 12.4. The predicted molar refractivity (Wildman–Crippen MR) is 132 cm³/mol. The smallest absolute Gasteiger partial charge is 0.188 e. The van der Waals surface area contributed by atoms with Gasteiger partial charge in [0, 0.05) is 0 Å². The van der Waals surface area contributed by atoms with E-state index in [0.717, 1.165) is 0 Å². The second kappa shape index (κ2) is 12.7. The van der Waals surface area contributed by atoms with Crippen molar-refractivity contribution in [2.75, 3.05) is 13.7 Å². The summed E-state index contributed by atoms with van der Waals surface area (Å²) in [4.78, 5) is 16.0. The Morgan fingerprint density at radius 1 is 1.00 bits per heavy atom. The molecular formula is C21H39N7O12. The zero-order valence-corrected chi connectivity index (χ0v) is 21.7. The summed E-state index contributed by atoms with van der Waals surface area (Å²) in [7, 11) is 1.42. The average Bonchev–Trinajstić information content (AvgIpc) is 3.13. The highest BCUT2D eigenvalue weighted by Gasteiger charge is 2.60. The van der Waals surface area contributed by atoms with Crippen LogP contribution in [-0.4, -0.2) is 159 Å². The number of rotatable bonds is 9. The second-order valence-electron chi connectivity index (χ2n) is 9.93. The zero-order valence-electron chi connectivity index (χ0n) is 21.7. The van der Waals surface area contributed by atoms with Crippen LogP contribution in [0.5, 0.6) is 0 Å². The van der Waals surface area contributed by atoms with Gasteiger partial charge in [0.15, 0.2) is 36.4 Å². The van der Waals surface area contributed by atoms with Crippen molar-refractivity contribution in [3.8, 4) is 0 Å². The fourth-order valence-electron chi connectivity index (χ4n) is 5.13. The normalized spacial score (nSPS) is 47.4. The van der Waals surface area contributed by atoms with E-state index in [-0.39, 0.29) is 6.29 Å². The molecule has 19 heteroatoms. The fraction of sp³-hybridized carbons (Fsp3) is 0.857. The van der Waals surface area contributed by atoms with Gasteiger partial charge in [0.25, 0.3) is 0 Å². The molecule has 1 unspecified atom stereocenters. The number of aliphatic hydroxyl groups excluding tert-OH is 6. The summed E-state index contributed by atoms with van der Waals surface area (Å²) in [5, 5.41) is 86.4. The van der Waals surface area contributed by atoms with Crippen molar-refractivity contribution in [2.24, 2.45) is 22.2 Å². The number of aliphatic hydroxyl groups is 7. The number of aldehydes is 1. The number of guanidine groups is 2. The first-order valence-corrected chi connectivity index (χ1v) is 12.4. The summed E-state index contributed by atoms with van der Waals surface area (Å²) < 4.78 is 22.9. The van der Waals surface area contributed by atoms with E-state index in [1.807, 2.05) is 0 Å². The largest absolute Gasteiger partial charge is 0.394 e. The lowest BCUT2D eigenvalue weighted by Gasteiger charge is -2.46. The van der Waals surface area contributed by atoms with Gasteiger partial charge in [-0.25, -0.2) is 4.99 Å². The number of nitrogens with two attached hydrogens (primary N) is 3. The van der Waals surface area contributed by atoms with Gasteiger partial charge < -0.3 is 82.5 Å². The lowest BCUT2D eigenvalue weighted by molar-refractivity contribution is -0.314. The molecule has 0 radical (unpaired) electrons. The summed E-state index contributed by atoms with van der Waals surface area (Å²) in [6.07, 6.45) is -17.3. The number of aliphatic imine (C=N–C) groups is 1. The minimum atomic E-state index is -2.39. The summed E-state index contributed by atoms with van der Waals surface area (Å²) in [5.41, 5.74) is 13.9. The fourth-order valence-corrected chi connectivity index (χ4v) is 5.13. The molecule has 3 fully saturated rings. The van der Waals surface area contributed by atoms with E-state index in [9.17, 15) is 40.5 Å². The monoisotopic (exact) mass is 581 g/mol. The molecule has 2 saturated heterocycles. The number of carbonyl (C=O) groups excluding carboxylic acids is 1. The third-order valence-corrected chi connectivity index (χ3v) is 7.40. The number of nitrogens with one attached hydrogen (secondary N) is 3. The Morgan fingerprint density at radius 2 is 1.62 bits per heavy atom. The standard InChI is InChI=1S/C21H39N7O12/c1-5-21(36,4-30)16(40-17-9(26-2)13(34)10(31)6(3-29)38-17)18(37-5)39-15-8(28-20(24)25)11(32)7(27-19(22)23)12(33)14(15)35/h4-18,26,29,31-36H,3H2,1-2H3,(H4,22,23,27)(H4,24,25,28)/t5-,6-,7-,8+,9-,10-,11-,12+,13-,14-,15-,16-,17-,18?,21+/m0/s1. The Bertz CT molecular complexity index is 930. The summed E-state index contributed by atoms with van der Waals surface area (Å²) in [6, 6.07) is -4.02. The number of hydrogen-bond acceptors (Lipinski definition) is 15. The quantitative estimate of drug-likeness (QED) is 0.0682. The van der Waals surface area contributed by atoms with Gasteiger partial charge in [-0.2, -0.15) is 0 Å². The summed E-state index contributed by atoms with van der Waals surface area (Å²) >= 11 is 0. The van der Waals surface area contributed by atoms with Crippen molar-refractivity contribution in [1.29, 1.82) is 5.41 Å². The third kappa shape index (κ3) is 6.00. The highest BCUT2D eigenvalue weighted by molar-refractivity contribution is 5.76. The summed E-state index contributed by atoms with van der Waals surface area (Å²) in [6.45, 7) is 0.617. The van der Waals surface area contributed by atoms with Crippen molar-refractivity contribution in [3.63, 3.8) is 0 Å². The van der Waals surface area contributed by atoms with E-state index in [2.05, 4.69) is 15.6 Å². The van der Waals surface area contributed by atoms with E-state index >= 15 is 0 Å². The minimum absolute atomic E-state index is 0.138. The summed E-state index contributed by atoms with van der Waals surface area (Å²) in [5.74, 6) is -1.16. The van der Waals surface area contributed by atoms with E-state index in [1.165, 1.54) is 14.0 Å². The van der Waals surface area contributed by atoms with Crippen LogP contribution in [0.15, 0.2) is 4.99 Å². The van der Waals surface area contributed by atoms with Crippen LogP contribution in [0.1, 0.15) is 6.92 Å². The highest BCUT2D eigenvalue weighted by Crippen LogP contribution is 2.38. The Morgan fingerprint density at radius 3 is 2.15 bits per heavy atom. The van der Waals surface area contributed by atoms with Crippen LogP contribution >= 0.6 is 0 Å². The van der Waals surface area contributed by atoms with Crippen molar-refractivity contribution >= 4 is 18.2 Å². The molecule has 40 heavy (non-hydrogen) atoms. The maximum atomic E-state index is 12.1. The number of carbonyl (C=O) groups is 1. The molecule has 15 atom stereocenters. The maximum absolute atomic E-state index is 12.1. The molecule has 0 aromatic carbocycles. The first-order chi connectivity index (χ1) is 18.7. The van der Waals surface area contributed by atoms with Crippen molar-refractivity contribution in [2.45, 2.75) is 98.2 Å². The SMILES string of the molecule is CN[C@@H]1[C@H](O[C@H]2C(O[C@@H]3[C@@H](O)[C@H](O)[C@@H](NC(=N)N)[C@H](O)[C@H]3N=C(N)N)O[C@@H](C)[C@]2(O)C=O)O[C@@H](CO)[C@H](O)[C@H]1O. The topological polar surface area (TPSA) is 334 Å². The maximum Gasteiger partial charge on any atom is 0.188 e. The minimum Gasteiger partial charge on any atom is -0.394 e. The van der Waals surface area contributed by atoms with Crippen LogP contribution in [0.4, 0.5) is 0 Å². The molecule has 230 valence electrons. The van der Waals surface area contributed by atoms with Gasteiger partial charge in [-0.05, 0) is 14.0 Å². The molecular weight excluding hydrogens is 542 g/mol. The molecule has 0 spiro atoms. The highest BCUT2D eigenvalue weighted by atomic mass is 16.8. The third-order valence-electron chi connectivity index (χ3n) is 7.40. The Labute approximate surface area is 228 Å². The lowest BCUT2D eigenvalue weighted by Crippen LogP contribution is -2.70. The van der Waals surface area contributed by atoms with Crippen LogP contribution < -0.4 is 27.8 Å². The number of hydrogen-bond donors (Lipinski definition) is 13. The van der Waals surface area contributed by atoms with Gasteiger partial charge in [-0.3, -0.25) is 10.2 Å². The van der Waals surface area contributed by atoms with E-state index < -0.39 is 110 Å². The van der Waals surface area contributed by atoms with E-state index in [4.69, 9.17) is 41.6 Å². The molecule has 16 N–H and O–H groups in total. The lowest BCUT2D eigenvalue weighted by atomic mass is 9.81. The number of likely N-dealkylation sites (N-methyl/N-ethyl adjacent to an activating group) is 1. The zero-order chi connectivity index (χ0) is 30.1. The number of nitrogens with zero attached hydrogens (tertiary/aromatic N) is 1. The van der Waals surface area contributed by atoms with Gasteiger partial charge in [-0.15, -0.1) is 0 Å². The van der Waals surface area contributed by atoms with Gasteiger partial charge in [-0.1, -0.05) is 0 Å². The molecule has 0 amide bonds. The molecule has 19 nitrogen and oxygen atoms in total. The molecule has 0 aromatic heterocycles. The molecule has 0 bridgehead atoms. The molecule has 3 rings (SSSR count). The van der Waals surface area contributed by atoms with Crippen LogP contribution in [-0.2, 0) is 23.7 Å². The average molecular weight is 582 g/mol. The van der Waals surface area contributed by atoms with Crippen LogP contribution in [0.25, 0.3) is 0 Å². The molecule has 2 heterocycles.